The Labute approximate surface area is 116 Å². The van der Waals surface area contributed by atoms with Crippen molar-refractivity contribution in [1.29, 1.82) is 0 Å². The molecule has 102 valence electrons. The molecule has 0 spiro atoms. The Morgan fingerprint density at radius 2 is 2.06 bits per heavy atom. The van der Waals surface area contributed by atoms with Gasteiger partial charge in [0.15, 0.2) is 0 Å². The topological polar surface area (TPSA) is 12.0 Å². The second kappa shape index (κ2) is 7.30. The Balaban J connectivity index is 1.85. The Morgan fingerprint density at radius 3 is 2.61 bits per heavy atom. The van der Waals surface area contributed by atoms with Crippen molar-refractivity contribution in [2.75, 3.05) is 6.54 Å². The molecule has 1 atom stereocenters. The van der Waals surface area contributed by atoms with Gasteiger partial charge >= 0.3 is 0 Å². The fourth-order valence-electron chi connectivity index (χ4n) is 2.68. The molecule has 18 heavy (non-hydrogen) atoms. The van der Waals surface area contributed by atoms with Gasteiger partial charge in [-0.1, -0.05) is 33.1 Å². The molecule has 1 nitrogen and oxygen atoms in total. The number of thiophene rings is 1. The standard InChI is InChI=1S/C16H27NS/c1-3-10-17-14(11-13-6-5-7-13)12-16-9-8-15(4-2)18-16/h8-9,13-14,17H,3-7,10-12H2,1-2H3. The van der Waals surface area contributed by atoms with Crippen molar-refractivity contribution in [2.45, 2.75) is 64.8 Å². The average Bonchev–Trinajstić information content (AvgIpc) is 2.78. The molecule has 0 radical (unpaired) electrons. The molecule has 1 fully saturated rings. The summed E-state index contributed by atoms with van der Waals surface area (Å²) in [6.07, 6.45) is 9.45. The van der Waals surface area contributed by atoms with E-state index in [9.17, 15) is 0 Å². The number of hydrogen-bond acceptors (Lipinski definition) is 2. The summed E-state index contributed by atoms with van der Waals surface area (Å²) in [6, 6.07) is 5.35. The highest BCUT2D eigenvalue weighted by Gasteiger charge is 2.22. The van der Waals surface area contributed by atoms with Crippen LogP contribution in [0.25, 0.3) is 0 Å². The molecule has 0 amide bonds. The minimum atomic E-state index is 0.707. The molecule has 1 aliphatic carbocycles. The van der Waals surface area contributed by atoms with Gasteiger partial charge in [-0.15, -0.1) is 11.3 Å². The Hall–Kier alpha value is -0.340. The fraction of sp³-hybridized carbons (Fsp3) is 0.750. The highest BCUT2D eigenvalue weighted by Crippen LogP contribution is 2.31. The van der Waals surface area contributed by atoms with E-state index in [0.717, 1.165) is 5.92 Å². The van der Waals surface area contributed by atoms with Crippen LogP contribution in [-0.2, 0) is 12.8 Å². The number of hydrogen-bond donors (Lipinski definition) is 1. The highest BCUT2D eigenvalue weighted by molar-refractivity contribution is 7.11. The summed E-state index contributed by atoms with van der Waals surface area (Å²) in [5.74, 6) is 1.00. The maximum Gasteiger partial charge on any atom is 0.0118 e. The predicted molar refractivity (Wildman–Crippen MR) is 81.4 cm³/mol. The first-order valence-corrected chi connectivity index (χ1v) is 8.44. The van der Waals surface area contributed by atoms with Crippen molar-refractivity contribution >= 4 is 11.3 Å². The van der Waals surface area contributed by atoms with Gasteiger partial charge in [0.1, 0.15) is 0 Å². The maximum absolute atomic E-state index is 3.75. The van der Waals surface area contributed by atoms with Crippen molar-refractivity contribution in [3.63, 3.8) is 0 Å². The van der Waals surface area contributed by atoms with Crippen molar-refractivity contribution in [1.82, 2.24) is 5.32 Å². The Kier molecular flexibility index (Phi) is 5.71. The lowest BCUT2D eigenvalue weighted by atomic mass is 9.80. The summed E-state index contributed by atoms with van der Waals surface area (Å²) in [5, 5.41) is 3.75. The summed E-state index contributed by atoms with van der Waals surface area (Å²) < 4.78 is 0. The molecule has 0 aliphatic heterocycles. The van der Waals surface area contributed by atoms with E-state index < -0.39 is 0 Å². The lowest BCUT2D eigenvalue weighted by molar-refractivity contribution is 0.259. The van der Waals surface area contributed by atoms with Crippen LogP contribution >= 0.6 is 11.3 Å². The molecule has 2 rings (SSSR count). The minimum absolute atomic E-state index is 0.707. The zero-order chi connectivity index (χ0) is 12.8. The van der Waals surface area contributed by atoms with Crippen LogP contribution in [0.2, 0.25) is 0 Å². The molecule has 0 aromatic carbocycles. The first-order valence-electron chi connectivity index (χ1n) is 7.62. The van der Waals surface area contributed by atoms with E-state index in [4.69, 9.17) is 0 Å². The van der Waals surface area contributed by atoms with E-state index in [1.807, 2.05) is 11.3 Å². The zero-order valence-electron chi connectivity index (χ0n) is 11.9. The highest BCUT2D eigenvalue weighted by atomic mass is 32.1. The first-order chi connectivity index (χ1) is 8.81. The second-order valence-corrected chi connectivity index (χ2v) is 6.86. The minimum Gasteiger partial charge on any atom is -0.314 e. The summed E-state index contributed by atoms with van der Waals surface area (Å²) in [7, 11) is 0. The van der Waals surface area contributed by atoms with E-state index >= 15 is 0 Å². The summed E-state index contributed by atoms with van der Waals surface area (Å²) >= 11 is 2.01. The van der Waals surface area contributed by atoms with Crippen LogP contribution < -0.4 is 5.32 Å². The van der Waals surface area contributed by atoms with Crippen LogP contribution in [-0.4, -0.2) is 12.6 Å². The average molecular weight is 265 g/mol. The van der Waals surface area contributed by atoms with Gasteiger partial charge < -0.3 is 5.32 Å². The SMILES string of the molecule is CCCNC(Cc1ccc(CC)s1)CC1CCC1. The van der Waals surface area contributed by atoms with E-state index in [0.29, 0.717) is 6.04 Å². The van der Waals surface area contributed by atoms with Gasteiger partial charge in [0.2, 0.25) is 0 Å². The Bertz CT molecular complexity index is 341. The molecule has 1 aliphatic rings. The smallest absolute Gasteiger partial charge is 0.0118 e. The van der Waals surface area contributed by atoms with Gasteiger partial charge in [-0.05, 0) is 50.3 Å². The second-order valence-electron chi connectivity index (χ2n) is 5.61. The third kappa shape index (κ3) is 4.10. The molecule has 1 N–H and O–H groups in total. The van der Waals surface area contributed by atoms with Gasteiger partial charge in [-0.3, -0.25) is 0 Å². The molecular formula is C16H27NS. The molecule has 1 heterocycles. The van der Waals surface area contributed by atoms with Gasteiger partial charge in [-0.2, -0.15) is 0 Å². The number of rotatable bonds is 8. The number of aryl methyl sites for hydroxylation is 1. The van der Waals surface area contributed by atoms with Crippen LogP contribution in [0.3, 0.4) is 0 Å². The van der Waals surface area contributed by atoms with Crippen LogP contribution in [0.5, 0.6) is 0 Å². The number of nitrogens with one attached hydrogen (secondary N) is 1. The molecule has 1 saturated carbocycles. The monoisotopic (exact) mass is 265 g/mol. The van der Waals surface area contributed by atoms with Crippen LogP contribution in [0, 0.1) is 5.92 Å². The molecule has 1 aromatic heterocycles. The van der Waals surface area contributed by atoms with Crippen molar-refractivity contribution in [2.24, 2.45) is 5.92 Å². The lowest BCUT2D eigenvalue weighted by Crippen LogP contribution is -2.34. The van der Waals surface area contributed by atoms with E-state index in [2.05, 4.69) is 31.3 Å². The maximum atomic E-state index is 3.75. The van der Waals surface area contributed by atoms with Crippen molar-refractivity contribution in [3.05, 3.63) is 21.9 Å². The summed E-state index contributed by atoms with van der Waals surface area (Å²) in [4.78, 5) is 3.10. The quantitative estimate of drug-likeness (QED) is 0.734. The normalized spacial score (nSPS) is 17.7. The molecule has 1 aromatic rings. The van der Waals surface area contributed by atoms with E-state index in [-0.39, 0.29) is 0 Å². The van der Waals surface area contributed by atoms with E-state index in [1.165, 1.54) is 56.4 Å². The van der Waals surface area contributed by atoms with Gasteiger partial charge in [-0.25, -0.2) is 0 Å². The first kappa shape index (κ1) is 14.1. The molecule has 0 saturated heterocycles. The van der Waals surface area contributed by atoms with Gasteiger partial charge in [0, 0.05) is 15.8 Å². The van der Waals surface area contributed by atoms with Crippen molar-refractivity contribution < 1.29 is 0 Å². The Morgan fingerprint density at radius 1 is 1.28 bits per heavy atom. The molecule has 0 bridgehead atoms. The zero-order valence-corrected chi connectivity index (χ0v) is 12.7. The van der Waals surface area contributed by atoms with Crippen molar-refractivity contribution in [3.8, 4) is 0 Å². The summed E-state index contributed by atoms with van der Waals surface area (Å²) in [5.41, 5.74) is 0. The summed E-state index contributed by atoms with van der Waals surface area (Å²) in [6.45, 7) is 5.67. The van der Waals surface area contributed by atoms with Crippen LogP contribution in [0.15, 0.2) is 12.1 Å². The lowest BCUT2D eigenvalue weighted by Gasteiger charge is -2.30. The molecule has 2 heteroatoms. The molecular weight excluding hydrogens is 238 g/mol. The largest absolute Gasteiger partial charge is 0.314 e. The van der Waals surface area contributed by atoms with Gasteiger partial charge in [0.05, 0.1) is 0 Å². The predicted octanol–water partition coefficient (Wildman–Crippen LogP) is 4.41. The van der Waals surface area contributed by atoms with Gasteiger partial charge in [0.25, 0.3) is 0 Å². The third-order valence-corrected chi connectivity index (χ3v) is 5.29. The van der Waals surface area contributed by atoms with E-state index in [1.54, 1.807) is 4.88 Å². The fourth-order valence-corrected chi connectivity index (χ4v) is 3.72. The molecule has 1 unspecified atom stereocenters. The third-order valence-electron chi connectivity index (χ3n) is 4.04. The van der Waals surface area contributed by atoms with Crippen LogP contribution in [0.4, 0.5) is 0 Å². The van der Waals surface area contributed by atoms with Crippen LogP contribution in [0.1, 0.15) is 55.7 Å².